The molecule has 2 nitrogen and oxygen atoms in total. The molecule has 2 aromatic carbocycles. The first-order valence-corrected chi connectivity index (χ1v) is 7.30. The van der Waals surface area contributed by atoms with E-state index in [4.69, 9.17) is 27.6 Å². The molecule has 0 radical (unpaired) electrons. The van der Waals surface area contributed by atoms with Crippen LogP contribution in [0.5, 0.6) is 0 Å². The van der Waals surface area contributed by atoms with E-state index in [2.05, 4.69) is 5.32 Å². The number of benzene rings is 2. The third kappa shape index (κ3) is 3.60. The molecule has 21 heavy (non-hydrogen) atoms. The zero-order valence-electron chi connectivity index (χ0n) is 11.1. The Kier molecular flexibility index (Phi) is 4.18. The van der Waals surface area contributed by atoms with Crippen molar-refractivity contribution in [2.24, 2.45) is 0 Å². The second kappa shape index (κ2) is 6.25. The average Bonchev–Trinajstić information content (AvgIpc) is 2.94. The highest BCUT2D eigenvalue weighted by Crippen LogP contribution is 2.28. The lowest BCUT2D eigenvalue weighted by Crippen LogP contribution is -1.97. The molecule has 1 aromatic heterocycles. The van der Waals surface area contributed by atoms with Gasteiger partial charge in [-0.05, 0) is 42.5 Å². The summed E-state index contributed by atoms with van der Waals surface area (Å²) in [5.74, 6) is 1.61. The number of anilines is 1. The molecule has 0 bridgehead atoms. The Bertz CT molecular complexity index is 717. The van der Waals surface area contributed by atoms with Crippen LogP contribution in [0.2, 0.25) is 10.0 Å². The van der Waals surface area contributed by atoms with Crippen LogP contribution in [0.1, 0.15) is 5.76 Å². The number of furan rings is 1. The highest BCUT2D eigenvalue weighted by Gasteiger charge is 2.07. The molecule has 0 aliphatic rings. The fraction of sp³-hybridized carbons (Fsp3) is 0.0588. The quantitative estimate of drug-likeness (QED) is 0.651. The van der Waals surface area contributed by atoms with Crippen molar-refractivity contribution < 1.29 is 4.42 Å². The van der Waals surface area contributed by atoms with Crippen molar-refractivity contribution in [3.05, 3.63) is 76.5 Å². The van der Waals surface area contributed by atoms with E-state index in [0.717, 1.165) is 22.8 Å². The van der Waals surface area contributed by atoms with Crippen molar-refractivity contribution in [2.75, 3.05) is 5.32 Å². The van der Waals surface area contributed by atoms with Gasteiger partial charge in [-0.15, -0.1) is 0 Å². The summed E-state index contributed by atoms with van der Waals surface area (Å²) < 4.78 is 5.82. The Balaban J connectivity index is 1.74. The lowest BCUT2D eigenvalue weighted by atomic mass is 10.2. The maximum Gasteiger partial charge on any atom is 0.134 e. The van der Waals surface area contributed by atoms with Gasteiger partial charge in [-0.2, -0.15) is 0 Å². The summed E-state index contributed by atoms with van der Waals surface area (Å²) >= 11 is 12.0. The van der Waals surface area contributed by atoms with E-state index in [-0.39, 0.29) is 0 Å². The smallest absolute Gasteiger partial charge is 0.134 e. The summed E-state index contributed by atoms with van der Waals surface area (Å²) in [4.78, 5) is 0. The van der Waals surface area contributed by atoms with Crippen LogP contribution in [0.4, 0.5) is 5.69 Å². The summed E-state index contributed by atoms with van der Waals surface area (Å²) in [6.45, 7) is 0.623. The molecule has 0 amide bonds. The average molecular weight is 318 g/mol. The Hall–Kier alpha value is -1.90. The van der Waals surface area contributed by atoms with E-state index in [0.29, 0.717) is 16.6 Å². The van der Waals surface area contributed by atoms with Crippen LogP contribution >= 0.6 is 23.2 Å². The van der Waals surface area contributed by atoms with Crippen molar-refractivity contribution >= 4 is 28.9 Å². The molecule has 0 unspecified atom stereocenters. The summed E-state index contributed by atoms with van der Waals surface area (Å²) in [5, 5.41) is 4.49. The molecule has 0 aliphatic heterocycles. The molecular formula is C17H13Cl2NO. The molecule has 4 heteroatoms. The van der Waals surface area contributed by atoms with Crippen LogP contribution in [0.15, 0.2) is 65.1 Å². The highest BCUT2D eigenvalue weighted by molar-refractivity contribution is 6.35. The Labute approximate surface area is 133 Å². The molecule has 3 aromatic rings. The van der Waals surface area contributed by atoms with Crippen LogP contribution in [0.3, 0.4) is 0 Å². The lowest BCUT2D eigenvalue weighted by molar-refractivity contribution is 0.531. The number of hydrogen-bond acceptors (Lipinski definition) is 2. The van der Waals surface area contributed by atoms with E-state index < -0.39 is 0 Å². The summed E-state index contributed by atoms with van der Waals surface area (Å²) in [6, 6.07) is 19.2. The third-order valence-electron chi connectivity index (χ3n) is 3.05. The van der Waals surface area contributed by atoms with Crippen molar-refractivity contribution in [1.29, 1.82) is 0 Å². The van der Waals surface area contributed by atoms with Crippen LogP contribution in [0.25, 0.3) is 11.3 Å². The predicted octanol–water partition coefficient (Wildman–Crippen LogP) is 5.87. The van der Waals surface area contributed by atoms with Crippen molar-refractivity contribution in [1.82, 2.24) is 0 Å². The summed E-state index contributed by atoms with van der Waals surface area (Å²) in [5.41, 5.74) is 1.93. The molecule has 106 valence electrons. The van der Waals surface area contributed by atoms with Gasteiger partial charge in [0.15, 0.2) is 0 Å². The van der Waals surface area contributed by atoms with Gasteiger partial charge in [0.05, 0.1) is 6.54 Å². The molecule has 0 saturated heterocycles. The molecule has 1 N–H and O–H groups in total. The van der Waals surface area contributed by atoms with Gasteiger partial charge in [0.1, 0.15) is 11.5 Å². The SMILES string of the molecule is Clc1cc(Cl)cc(-c2ccc(CNc3ccccc3)o2)c1. The van der Waals surface area contributed by atoms with Crippen molar-refractivity contribution in [3.8, 4) is 11.3 Å². The maximum atomic E-state index is 6.01. The van der Waals surface area contributed by atoms with Crippen LogP contribution in [0, 0.1) is 0 Å². The second-order valence-electron chi connectivity index (χ2n) is 4.64. The van der Waals surface area contributed by atoms with Crippen LogP contribution in [-0.2, 0) is 6.54 Å². The molecule has 3 rings (SSSR count). The largest absolute Gasteiger partial charge is 0.459 e. The maximum absolute atomic E-state index is 6.01. The number of para-hydroxylation sites is 1. The molecule has 0 atom stereocenters. The van der Waals surface area contributed by atoms with Crippen LogP contribution in [-0.4, -0.2) is 0 Å². The normalized spacial score (nSPS) is 10.6. The lowest BCUT2D eigenvalue weighted by Gasteiger charge is -2.04. The molecule has 1 heterocycles. The highest BCUT2D eigenvalue weighted by atomic mass is 35.5. The van der Waals surface area contributed by atoms with Gasteiger partial charge in [0, 0.05) is 21.3 Å². The Morgan fingerprint density at radius 1 is 0.857 bits per heavy atom. The second-order valence-corrected chi connectivity index (χ2v) is 5.52. The number of hydrogen-bond donors (Lipinski definition) is 1. The van der Waals surface area contributed by atoms with Gasteiger partial charge >= 0.3 is 0 Å². The molecular weight excluding hydrogens is 305 g/mol. The van der Waals surface area contributed by atoms with E-state index >= 15 is 0 Å². The van der Waals surface area contributed by atoms with E-state index in [9.17, 15) is 0 Å². The minimum absolute atomic E-state index is 0.595. The number of halogens is 2. The topological polar surface area (TPSA) is 25.2 Å². The molecule has 0 aliphatic carbocycles. The van der Waals surface area contributed by atoms with Gasteiger partial charge in [-0.3, -0.25) is 0 Å². The van der Waals surface area contributed by atoms with Crippen molar-refractivity contribution in [3.63, 3.8) is 0 Å². The summed E-state index contributed by atoms with van der Waals surface area (Å²) in [6.07, 6.45) is 0. The first-order valence-electron chi connectivity index (χ1n) is 6.55. The fourth-order valence-electron chi connectivity index (χ4n) is 2.07. The fourth-order valence-corrected chi connectivity index (χ4v) is 2.60. The molecule has 0 saturated carbocycles. The first kappa shape index (κ1) is 14.1. The summed E-state index contributed by atoms with van der Waals surface area (Å²) in [7, 11) is 0. The zero-order valence-corrected chi connectivity index (χ0v) is 12.7. The van der Waals surface area contributed by atoms with Gasteiger partial charge in [-0.1, -0.05) is 41.4 Å². The minimum Gasteiger partial charge on any atom is -0.459 e. The van der Waals surface area contributed by atoms with Gasteiger partial charge in [0.2, 0.25) is 0 Å². The monoisotopic (exact) mass is 317 g/mol. The van der Waals surface area contributed by atoms with Gasteiger partial charge in [-0.25, -0.2) is 0 Å². The molecule has 0 fully saturated rings. The number of nitrogens with one attached hydrogen (secondary N) is 1. The van der Waals surface area contributed by atoms with E-state index in [1.54, 1.807) is 6.07 Å². The Morgan fingerprint density at radius 3 is 2.29 bits per heavy atom. The van der Waals surface area contributed by atoms with Crippen molar-refractivity contribution in [2.45, 2.75) is 6.54 Å². The van der Waals surface area contributed by atoms with E-state index in [1.807, 2.05) is 54.6 Å². The Morgan fingerprint density at radius 2 is 1.57 bits per heavy atom. The zero-order chi connectivity index (χ0) is 14.7. The minimum atomic E-state index is 0.595. The molecule has 0 spiro atoms. The predicted molar refractivity (Wildman–Crippen MR) is 87.9 cm³/mol. The number of rotatable bonds is 4. The first-order chi connectivity index (χ1) is 10.2. The standard InChI is InChI=1S/C17H13Cl2NO/c18-13-8-12(9-14(19)10-13)17-7-6-16(21-17)11-20-15-4-2-1-3-5-15/h1-10,20H,11H2. The third-order valence-corrected chi connectivity index (χ3v) is 3.49. The van der Waals surface area contributed by atoms with Gasteiger partial charge < -0.3 is 9.73 Å². The van der Waals surface area contributed by atoms with E-state index in [1.165, 1.54) is 0 Å². The van der Waals surface area contributed by atoms with Gasteiger partial charge in [0.25, 0.3) is 0 Å². The van der Waals surface area contributed by atoms with Crippen LogP contribution < -0.4 is 5.32 Å².